The number of hydrogen-bond donors (Lipinski definition) is 2. The van der Waals surface area contributed by atoms with Gasteiger partial charge in [-0.1, -0.05) is 13.8 Å². The Hall–Kier alpha value is -1.40. The molecule has 0 radical (unpaired) electrons. The number of carbonyl (C=O) groups is 2. The van der Waals surface area contributed by atoms with Crippen molar-refractivity contribution < 1.29 is 19.1 Å². The van der Waals surface area contributed by atoms with E-state index in [1.165, 1.54) is 19.3 Å². The molecule has 2 amide bonds. The van der Waals surface area contributed by atoms with Crippen LogP contribution in [0.2, 0.25) is 0 Å². The molecule has 1 aliphatic heterocycles. The van der Waals surface area contributed by atoms with Crippen LogP contribution in [0.3, 0.4) is 0 Å². The molecule has 0 aromatic carbocycles. The average molecular weight is 270 g/mol. The van der Waals surface area contributed by atoms with E-state index in [2.05, 4.69) is 10.6 Å². The minimum Gasteiger partial charge on any atom is -0.356 e. The lowest BCUT2D eigenvalue weighted by Crippen LogP contribution is -2.55. The molecule has 0 aromatic rings. The molecule has 1 saturated heterocycles. The van der Waals surface area contributed by atoms with Gasteiger partial charge in [-0.3, -0.25) is 9.59 Å². The Morgan fingerprint density at radius 1 is 1.26 bits per heavy atom. The summed E-state index contributed by atoms with van der Waals surface area (Å²) in [6.45, 7) is 7.76. The Bertz CT molecular complexity index is 388. The molecule has 1 atom stereocenters. The van der Waals surface area contributed by atoms with Crippen LogP contribution >= 0.6 is 0 Å². The van der Waals surface area contributed by atoms with Crippen LogP contribution in [0.4, 0.5) is 0 Å². The van der Waals surface area contributed by atoms with E-state index in [0.717, 1.165) is 0 Å². The maximum absolute atomic E-state index is 12.1. The maximum Gasteiger partial charge on any atom is 0.253 e. The van der Waals surface area contributed by atoms with E-state index in [4.69, 9.17) is 9.47 Å². The van der Waals surface area contributed by atoms with Crippen molar-refractivity contribution in [1.29, 1.82) is 0 Å². The van der Waals surface area contributed by atoms with Crippen LogP contribution in [-0.4, -0.2) is 37.4 Å². The Morgan fingerprint density at radius 2 is 1.89 bits per heavy atom. The molecule has 1 aliphatic rings. The van der Waals surface area contributed by atoms with Gasteiger partial charge in [-0.15, -0.1) is 0 Å². The maximum atomic E-state index is 12.1. The quantitative estimate of drug-likeness (QED) is 0.734. The van der Waals surface area contributed by atoms with Gasteiger partial charge in [0.25, 0.3) is 5.91 Å². The lowest BCUT2D eigenvalue weighted by atomic mass is 9.85. The summed E-state index contributed by atoms with van der Waals surface area (Å²) in [5.41, 5.74) is -0.430. The topological polar surface area (TPSA) is 76.7 Å². The molecular formula is C13H22N2O4. The molecule has 108 valence electrons. The lowest BCUT2D eigenvalue weighted by molar-refractivity contribution is -0.303. The monoisotopic (exact) mass is 270 g/mol. The third kappa shape index (κ3) is 4.33. The van der Waals surface area contributed by atoms with Crippen LogP contribution < -0.4 is 10.6 Å². The Morgan fingerprint density at radius 3 is 2.47 bits per heavy atom. The standard InChI is InChI=1S/C13H22N2O4/c1-12(2)8-18-13(3,4)19-10(12)11(17)15-7-6-9(16)14-5/h6-7,10H,8H2,1-5H3,(H,14,16)(H,15,17)/b7-6+/t10-/m0/s1. The van der Waals surface area contributed by atoms with Gasteiger partial charge in [0, 0.05) is 24.7 Å². The molecule has 2 N–H and O–H groups in total. The number of nitrogens with one attached hydrogen (secondary N) is 2. The van der Waals surface area contributed by atoms with Crippen molar-refractivity contribution in [2.45, 2.75) is 39.6 Å². The second-order valence-corrected chi connectivity index (χ2v) is 5.63. The molecule has 0 aliphatic carbocycles. The van der Waals surface area contributed by atoms with Gasteiger partial charge in [0.1, 0.15) is 6.10 Å². The zero-order chi connectivity index (χ0) is 14.7. The highest BCUT2D eigenvalue weighted by molar-refractivity contribution is 5.88. The van der Waals surface area contributed by atoms with Crippen molar-refractivity contribution in [3.8, 4) is 0 Å². The first-order chi connectivity index (χ1) is 8.68. The van der Waals surface area contributed by atoms with Crippen LogP contribution in [0.1, 0.15) is 27.7 Å². The lowest BCUT2D eigenvalue weighted by Gasteiger charge is -2.44. The molecule has 0 bridgehead atoms. The fraction of sp³-hybridized carbons (Fsp3) is 0.692. The van der Waals surface area contributed by atoms with Crippen LogP contribution in [-0.2, 0) is 19.1 Å². The molecule has 1 fully saturated rings. The van der Waals surface area contributed by atoms with Crippen molar-refractivity contribution in [1.82, 2.24) is 10.6 Å². The summed E-state index contributed by atoms with van der Waals surface area (Å²) in [6, 6.07) is 0. The third-order valence-corrected chi connectivity index (χ3v) is 2.85. The van der Waals surface area contributed by atoms with Gasteiger partial charge in [-0.25, -0.2) is 0 Å². The molecule has 0 saturated carbocycles. The van der Waals surface area contributed by atoms with E-state index in [9.17, 15) is 9.59 Å². The highest BCUT2D eigenvalue weighted by atomic mass is 16.7. The van der Waals surface area contributed by atoms with Crippen LogP contribution in [0.5, 0.6) is 0 Å². The summed E-state index contributed by atoms with van der Waals surface area (Å²) >= 11 is 0. The molecule has 0 spiro atoms. The Kier molecular flexibility index (Phi) is 4.70. The van der Waals surface area contributed by atoms with E-state index in [-0.39, 0.29) is 11.8 Å². The predicted octanol–water partition coefficient (Wildman–Crippen LogP) is 0.540. The Balaban J connectivity index is 2.68. The molecule has 1 heterocycles. The summed E-state index contributed by atoms with van der Waals surface area (Å²) < 4.78 is 11.2. The summed E-state index contributed by atoms with van der Waals surface area (Å²) in [7, 11) is 1.52. The third-order valence-electron chi connectivity index (χ3n) is 2.85. The summed E-state index contributed by atoms with van der Waals surface area (Å²) in [6.07, 6.45) is 1.92. The molecular weight excluding hydrogens is 248 g/mol. The Labute approximate surface area is 113 Å². The van der Waals surface area contributed by atoms with Gasteiger partial charge in [0.2, 0.25) is 5.91 Å². The van der Waals surface area contributed by atoms with Crippen LogP contribution in [0.25, 0.3) is 0 Å². The molecule has 0 aromatic heterocycles. The van der Waals surface area contributed by atoms with Crippen molar-refractivity contribution >= 4 is 11.8 Å². The minimum atomic E-state index is -0.790. The zero-order valence-corrected chi connectivity index (χ0v) is 12.1. The van der Waals surface area contributed by atoms with E-state index in [1.807, 2.05) is 13.8 Å². The average Bonchev–Trinajstić information content (AvgIpc) is 2.32. The van der Waals surface area contributed by atoms with E-state index in [0.29, 0.717) is 6.61 Å². The number of likely N-dealkylation sites (N-methyl/N-ethyl adjacent to an activating group) is 1. The second kappa shape index (κ2) is 5.71. The van der Waals surface area contributed by atoms with Gasteiger partial charge < -0.3 is 20.1 Å². The van der Waals surface area contributed by atoms with E-state index < -0.39 is 17.3 Å². The van der Waals surface area contributed by atoms with Crippen molar-refractivity contribution in [2.75, 3.05) is 13.7 Å². The molecule has 6 heteroatoms. The smallest absolute Gasteiger partial charge is 0.253 e. The number of hydrogen-bond acceptors (Lipinski definition) is 4. The van der Waals surface area contributed by atoms with Gasteiger partial charge in [-0.2, -0.15) is 0 Å². The first-order valence-electron chi connectivity index (χ1n) is 6.18. The highest BCUT2D eigenvalue weighted by Crippen LogP contribution is 2.34. The first-order valence-corrected chi connectivity index (χ1v) is 6.18. The van der Waals surface area contributed by atoms with E-state index in [1.54, 1.807) is 13.8 Å². The number of carbonyl (C=O) groups excluding carboxylic acids is 2. The van der Waals surface area contributed by atoms with Gasteiger partial charge in [-0.05, 0) is 13.8 Å². The fourth-order valence-electron chi connectivity index (χ4n) is 1.68. The van der Waals surface area contributed by atoms with Crippen molar-refractivity contribution in [3.63, 3.8) is 0 Å². The van der Waals surface area contributed by atoms with Crippen molar-refractivity contribution in [3.05, 3.63) is 12.3 Å². The minimum absolute atomic E-state index is 0.284. The fourth-order valence-corrected chi connectivity index (χ4v) is 1.68. The van der Waals surface area contributed by atoms with Crippen LogP contribution in [0, 0.1) is 5.41 Å². The predicted molar refractivity (Wildman–Crippen MR) is 70.0 cm³/mol. The highest BCUT2D eigenvalue weighted by Gasteiger charge is 2.45. The second-order valence-electron chi connectivity index (χ2n) is 5.63. The van der Waals surface area contributed by atoms with Gasteiger partial charge in [0.15, 0.2) is 5.79 Å². The summed E-state index contributed by atoms with van der Waals surface area (Å²) in [5, 5.41) is 4.97. The summed E-state index contributed by atoms with van der Waals surface area (Å²) in [4.78, 5) is 23.1. The van der Waals surface area contributed by atoms with Crippen LogP contribution in [0.15, 0.2) is 12.3 Å². The zero-order valence-electron chi connectivity index (χ0n) is 12.1. The van der Waals surface area contributed by atoms with Crippen molar-refractivity contribution in [2.24, 2.45) is 5.41 Å². The molecule has 19 heavy (non-hydrogen) atoms. The summed E-state index contributed by atoms with van der Waals surface area (Å²) in [5.74, 6) is -1.36. The molecule has 6 nitrogen and oxygen atoms in total. The number of ether oxygens (including phenoxy) is 2. The normalized spacial score (nSPS) is 25.0. The SMILES string of the molecule is CNC(=O)/C=C/NC(=O)[C@@H]1OC(C)(C)OCC1(C)C. The molecule has 1 rings (SSSR count). The van der Waals surface area contributed by atoms with Gasteiger partial charge in [0.05, 0.1) is 6.61 Å². The van der Waals surface area contributed by atoms with Gasteiger partial charge >= 0.3 is 0 Å². The first kappa shape index (κ1) is 15.7. The largest absolute Gasteiger partial charge is 0.356 e. The number of rotatable bonds is 3. The molecule has 0 unspecified atom stereocenters. The number of amides is 2. The van der Waals surface area contributed by atoms with E-state index >= 15 is 0 Å².